The number of nitrogens with one attached hydrogen (secondary N) is 1. The molecule has 0 spiro atoms. The fourth-order valence-electron chi connectivity index (χ4n) is 2.95. The Morgan fingerprint density at radius 1 is 1.32 bits per heavy atom. The van der Waals surface area contributed by atoms with Crippen molar-refractivity contribution < 1.29 is 4.74 Å². The van der Waals surface area contributed by atoms with Gasteiger partial charge in [-0.1, -0.05) is 45.1 Å². The van der Waals surface area contributed by atoms with Crippen LogP contribution in [0.3, 0.4) is 0 Å². The number of morpholine rings is 1. The number of aromatic nitrogens is 3. The molecule has 0 radical (unpaired) electrons. The summed E-state index contributed by atoms with van der Waals surface area (Å²) in [7, 11) is 0. The molecular weight excluding hydrogens is 334 g/mol. The molecular formula is C18H27N5OS. The molecule has 1 fully saturated rings. The minimum Gasteiger partial charge on any atom is -0.369 e. The van der Waals surface area contributed by atoms with E-state index in [1.807, 2.05) is 18.2 Å². The maximum atomic E-state index is 5.98. The van der Waals surface area contributed by atoms with Gasteiger partial charge in [-0.05, 0) is 24.0 Å². The van der Waals surface area contributed by atoms with Crippen molar-refractivity contribution in [3.8, 4) is 0 Å². The van der Waals surface area contributed by atoms with E-state index in [2.05, 4.69) is 48.1 Å². The Balaban J connectivity index is 1.68. The first kappa shape index (κ1) is 18.2. The van der Waals surface area contributed by atoms with Crippen molar-refractivity contribution >= 4 is 22.3 Å². The maximum Gasteiger partial charge on any atom is 0.211 e. The van der Waals surface area contributed by atoms with Crippen molar-refractivity contribution in [1.82, 2.24) is 20.1 Å². The van der Waals surface area contributed by atoms with E-state index < -0.39 is 0 Å². The van der Waals surface area contributed by atoms with Crippen LogP contribution in [0.4, 0.5) is 10.9 Å². The Bertz CT molecular complexity index is 697. The molecule has 0 unspecified atom stereocenters. The van der Waals surface area contributed by atoms with Gasteiger partial charge in [-0.25, -0.2) is 4.98 Å². The van der Waals surface area contributed by atoms with E-state index >= 15 is 0 Å². The van der Waals surface area contributed by atoms with Gasteiger partial charge in [-0.3, -0.25) is 4.90 Å². The normalized spacial score (nSPS) is 19.1. The summed E-state index contributed by atoms with van der Waals surface area (Å²) in [5, 5.41) is 13.3. The molecule has 1 saturated heterocycles. The van der Waals surface area contributed by atoms with Crippen LogP contribution in [0.1, 0.15) is 44.5 Å². The van der Waals surface area contributed by atoms with Crippen molar-refractivity contribution in [2.75, 3.05) is 31.6 Å². The van der Waals surface area contributed by atoms with E-state index in [1.54, 1.807) is 11.3 Å². The lowest BCUT2D eigenvalue weighted by atomic mass is 9.95. The van der Waals surface area contributed by atoms with Crippen molar-refractivity contribution in [3.63, 3.8) is 0 Å². The van der Waals surface area contributed by atoms with Gasteiger partial charge in [0.25, 0.3) is 0 Å². The average Bonchev–Trinajstić information content (AvgIpc) is 3.01. The van der Waals surface area contributed by atoms with Gasteiger partial charge < -0.3 is 10.1 Å². The number of hydrogen-bond acceptors (Lipinski definition) is 7. The number of nitrogens with zero attached hydrogens (tertiary/aromatic N) is 4. The second-order valence-electron chi connectivity index (χ2n) is 7.58. The number of hydrogen-bond donors (Lipinski definition) is 1. The van der Waals surface area contributed by atoms with E-state index in [0.717, 1.165) is 54.3 Å². The summed E-state index contributed by atoms with van der Waals surface area (Å²) in [4.78, 5) is 7.20. The highest BCUT2D eigenvalue weighted by Crippen LogP contribution is 2.26. The fraction of sp³-hybridized carbons (Fsp3) is 0.611. The number of anilines is 2. The van der Waals surface area contributed by atoms with Crippen LogP contribution in [-0.2, 0) is 11.2 Å². The van der Waals surface area contributed by atoms with Crippen LogP contribution in [0.15, 0.2) is 18.2 Å². The van der Waals surface area contributed by atoms with Crippen molar-refractivity contribution in [2.24, 2.45) is 5.41 Å². The topological polar surface area (TPSA) is 63.2 Å². The predicted octanol–water partition coefficient (Wildman–Crippen LogP) is 3.66. The third kappa shape index (κ3) is 5.20. The Hall–Kier alpha value is -1.57. The van der Waals surface area contributed by atoms with Crippen LogP contribution in [0, 0.1) is 5.41 Å². The summed E-state index contributed by atoms with van der Waals surface area (Å²) >= 11 is 1.56. The zero-order chi connectivity index (χ0) is 17.9. The van der Waals surface area contributed by atoms with Gasteiger partial charge in [0.1, 0.15) is 16.9 Å². The Morgan fingerprint density at radius 2 is 2.16 bits per heavy atom. The molecule has 2 aromatic heterocycles. The van der Waals surface area contributed by atoms with E-state index in [0.29, 0.717) is 0 Å². The smallest absolute Gasteiger partial charge is 0.211 e. The molecule has 2 aromatic rings. The maximum absolute atomic E-state index is 5.98. The number of ether oxygens (including phenoxy) is 1. The summed E-state index contributed by atoms with van der Waals surface area (Å²) in [5.41, 5.74) is 1.25. The lowest BCUT2D eigenvalue weighted by Crippen LogP contribution is -2.42. The molecule has 3 rings (SSSR count). The van der Waals surface area contributed by atoms with Gasteiger partial charge in [0.15, 0.2) is 0 Å². The van der Waals surface area contributed by atoms with Crippen LogP contribution in [0.25, 0.3) is 0 Å². The van der Waals surface area contributed by atoms with E-state index in [4.69, 9.17) is 9.72 Å². The number of aryl methyl sites for hydroxylation is 1. The molecule has 0 amide bonds. The monoisotopic (exact) mass is 361 g/mol. The third-order valence-corrected chi connectivity index (χ3v) is 4.94. The lowest BCUT2D eigenvalue weighted by molar-refractivity contribution is -0.0407. The third-order valence-electron chi connectivity index (χ3n) is 3.95. The van der Waals surface area contributed by atoms with Crippen molar-refractivity contribution in [3.05, 3.63) is 28.9 Å². The van der Waals surface area contributed by atoms with Gasteiger partial charge in [-0.15, -0.1) is 10.2 Å². The van der Waals surface area contributed by atoms with Crippen LogP contribution < -0.4 is 5.32 Å². The minimum absolute atomic E-state index is 0.0125. The zero-order valence-corrected chi connectivity index (χ0v) is 16.3. The molecule has 1 aliphatic heterocycles. The second-order valence-corrected chi connectivity index (χ2v) is 8.64. The van der Waals surface area contributed by atoms with E-state index in [9.17, 15) is 0 Å². The molecule has 1 aliphatic rings. The summed E-state index contributed by atoms with van der Waals surface area (Å²) < 4.78 is 5.98. The fourth-order valence-corrected chi connectivity index (χ4v) is 3.64. The lowest BCUT2D eigenvalue weighted by Gasteiger charge is -2.36. The summed E-state index contributed by atoms with van der Waals surface area (Å²) in [5.74, 6) is 0.785. The molecule has 0 aliphatic carbocycles. The molecule has 1 atom stereocenters. The average molecular weight is 362 g/mol. The SMILES string of the molecule is CCc1nnc(Nc2cccc([C@@H]3CN(CC(C)(C)C)CCO3)n2)s1. The highest BCUT2D eigenvalue weighted by molar-refractivity contribution is 7.15. The zero-order valence-electron chi connectivity index (χ0n) is 15.5. The number of rotatable bonds is 5. The second kappa shape index (κ2) is 7.76. The molecule has 6 nitrogen and oxygen atoms in total. The van der Waals surface area contributed by atoms with E-state index in [1.165, 1.54) is 0 Å². The molecule has 0 bridgehead atoms. The van der Waals surface area contributed by atoms with Gasteiger partial charge in [0.2, 0.25) is 5.13 Å². The van der Waals surface area contributed by atoms with Gasteiger partial charge >= 0.3 is 0 Å². The van der Waals surface area contributed by atoms with Crippen LogP contribution in [0.2, 0.25) is 0 Å². The first-order valence-corrected chi connectivity index (χ1v) is 9.65. The summed E-state index contributed by atoms with van der Waals surface area (Å²) in [6.07, 6.45) is 0.908. The van der Waals surface area contributed by atoms with Crippen molar-refractivity contribution in [2.45, 2.75) is 40.2 Å². The van der Waals surface area contributed by atoms with Crippen LogP contribution in [-0.4, -0.2) is 46.3 Å². The highest BCUT2D eigenvalue weighted by Gasteiger charge is 2.26. The summed E-state index contributed by atoms with van der Waals surface area (Å²) in [6, 6.07) is 6.00. The highest BCUT2D eigenvalue weighted by atomic mass is 32.1. The Morgan fingerprint density at radius 3 is 2.88 bits per heavy atom. The predicted molar refractivity (Wildman–Crippen MR) is 101 cm³/mol. The molecule has 0 aromatic carbocycles. The van der Waals surface area contributed by atoms with Gasteiger partial charge in [-0.2, -0.15) is 0 Å². The van der Waals surface area contributed by atoms with Gasteiger partial charge in [0.05, 0.1) is 12.3 Å². The van der Waals surface area contributed by atoms with Gasteiger partial charge in [0, 0.05) is 19.6 Å². The Kier molecular flexibility index (Phi) is 5.66. The standard InChI is InChI=1S/C18H27N5OS/c1-5-16-21-22-17(25-16)20-15-8-6-7-13(19-15)14-11-23(9-10-24-14)12-18(2,3)4/h6-8,14H,5,9-12H2,1-4H3,(H,19,20,22)/t14-/m0/s1. The first-order chi connectivity index (χ1) is 11.9. The van der Waals surface area contributed by atoms with Crippen LogP contribution >= 0.6 is 11.3 Å². The molecule has 25 heavy (non-hydrogen) atoms. The minimum atomic E-state index is 0.0125. The molecule has 7 heteroatoms. The molecule has 1 N–H and O–H groups in total. The largest absolute Gasteiger partial charge is 0.369 e. The first-order valence-electron chi connectivity index (χ1n) is 8.83. The molecule has 136 valence electrons. The Labute approximate surface area is 153 Å². The van der Waals surface area contributed by atoms with E-state index in [-0.39, 0.29) is 11.5 Å². The number of pyridine rings is 1. The summed E-state index contributed by atoms with van der Waals surface area (Å²) in [6.45, 7) is 12.6. The molecule has 0 saturated carbocycles. The van der Waals surface area contributed by atoms with Crippen LogP contribution in [0.5, 0.6) is 0 Å². The quantitative estimate of drug-likeness (QED) is 0.877. The molecule has 3 heterocycles. The van der Waals surface area contributed by atoms with Crippen molar-refractivity contribution in [1.29, 1.82) is 0 Å².